The van der Waals surface area contributed by atoms with Gasteiger partial charge in [-0.1, -0.05) is 39.8 Å². The van der Waals surface area contributed by atoms with E-state index in [1.165, 1.54) is 0 Å². The molecule has 0 bridgehead atoms. The summed E-state index contributed by atoms with van der Waals surface area (Å²) in [5.74, 6) is 0. The standard InChI is InChI=1S/C21H22N6OS.2C2H6/c1-25-7-6-16(24-25)11-26(2)23-10-19-18-5-4-15(8-17-13-29-14-22-17)9-20(18)27(3)21(19)12-28;2*1-2/h4-7,9-10,12-14H,8,11H2,1-3H3;2*1-2H3/b23-10-;;. The van der Waals surface area contributed by atoms with Crippen molar-refractivity contribution in [3.63, 3.8) is 0 Å². The summed E-state index contributed by atoms with van der Waals surface area (Å²) in [6.07, 6.45) is 5.33. The van der Waals surface area contributed by atoms with Gasteiger partial charge in [0.1, 0.15) is 0 Å². The van der Waals surface area contributed by atoms with Crippen LogP contribution in [-0.2, 0) is 27.1 Å². The van der Waals surface area contributed by atoms with Gasteiger partial charge < -0.3 is 4.57 Å². The summed E-state index contributed by atoms with van der Waals surface area (Å²) in [5, 5.41) is 13.8. The topological polar surface area (TPSA) is 68.3 Å². The zero-order valence-electron chi connectivity index (χ0n) is 20.6. The summed E-state index contributed by atoms with van der Waals surface area (Å²) in [6.45, 7) is 8.59. The first-order valence-electron chi connectivity index (χ1n) is 11.2. The number of thiazole rings is 1. The Morgan fingerprint density at radius 1 is 1.12 bits per heavy atom. The highest BCUT2D eigenvalue weighted by Crippen LogP contribution is 2.25. The third-order valence-electron chi connectivity index (χ3n) is 4.87. The van der Waals surface area contributed by atoms with Gasteiger partial charge in [-0.25, -0.2) is 4.98 Å². The Balaban J connectivity index is 0.000000914. The molecule has 0 aliphatic heterocycles. The van der Waals surface area contributed by atoms with Crippen LogP contribution in [0.2, 0.25) is 0 Å². The van der Waals surface area contributed by atoms with Crippen LogP contribution in [0.5, 0.6) is 0 Å². The summed E-state index contributed by atoms with van der Waals surface area (Å²) < 4.78 is 3.69. The van der Waals surface area contributed by atoms with Crippen molar-refractivity contribution in [2.24, 2.45) is 19.2 Å². The van der Waals surface area contributed by atoms with E-state index in [4.69, 9.17) is 0 Å². The van der Waals surface area contributed by atoms with Gasteiger partial charge in [-0.15, -0.1) is 11.3 Å². The third kappa shape index (κ3) is 6.38. The number of aldehydes is 1. The Labute approximate surface area is 200 Å². The summed E-state index contributed by atoms with van der Waals surface area (Å²) in [4.78, 5) is 16.1. The lowest BCUT2D eigenvalue weighted by Gasteiger charge is -2.10. The highest BCUT2D eigenvalue weighted by atomic mass is 32.1. The number of benzene rings is 1. The van der Waals surface area contributed by atoms with Crippen molar-refractivity contribution in [3.05, 3.63) is 69.6 Å². The molecular weight excluding hydrogens is 432 g/mol. The first-order chi connectivity index (χ1) is 16.0. The molecule has 0 aliphatic rings. The van der Waals surface area contributed by atoms with Crippen LogP contribution in [-0.4, -0.2) is 43.9 Å². The minimum Gasteiger partial charge on any atom is -0.341 e. The minimum atomic E-state index is 0.594. The molecule has 4 aromatic rings. The van der Waals surface area contributed by atoms with Gasteiger partial charge in [-0.3, -0.25) is 14.5 Å². The van der Waals surface area contributed by atoms with E-state index >= 15 is 0 Å². The number of fused-ring (bicyclic) bond motifs is 1. The second-order valence-corrected chi connectivity index (χ2v) is 7.74. The number of nitrogens with zero attached hydrogens (tertiary/aromatic N) is 6. The molecule has 0 saturated carbocycles. The molecule has 0 saturated heterocycles. The van der Waals surface area contributed by atoms with Crippen molar-refractivity contribution in [2.45, 2.75) is 40.7 Å². The van der Waals surface area contributed by atoms with Crippen LogP contribution in [0.25, 0.3) is 10.9 Å². The smallest absolute Gasteiger partial charge is 0.167 e. The molecule has 176 valence electrons. The zero-order valence-corrected chi connectivity index (χ0v) is 21.4. The van der Waals surface area contributed by atoms with E-state index < -0.39 is 0 Å². The molecule has 0 unspecified atom stereocenters. The zero-order chi connectivity index (χ0) is 24.4. The highest BCUT2D eigenvalue weighted by Gasteiger charge is 2.14. The van der Waals surface area contributed by atoms with E-state index in [0.29, 0.717) is 12.2 Å². The Hall–Kier alpha value is -3.26. The summed E-state index contributed by atoms with van der Waals surface area (Å²) in [6, 6.07) is 8.23. The lowest BCUT2D eigenvalue weighted by molar-refractivity contribution is 0.111. The molecule has 0 fully saturated rings. The molecule has 3 aromatic heterocycles. The fraction of sp³-hybridized carbons (Fsp3) is 0.360. The molecule has 0 atom stereocenters. The van der Waals surface area contributed by atoms with E-state index in [9.17, 15) is 4.79 Å². The number of carbonyl (C=O) groups excluding carboxylic acids is 1. The van der Waals surface area contributed by atoms with Crippen LogP contribution in [0.3, 0.4) is 0 Å². The molecule has 7 nitrogen and oxygen atoms in total. The van der Waals surface area contributed by atoms with Crippen LogP contribution in [0, 0.1) is 0 Å². The number of hydrazone groups is 1. The van der Waals surface area contributed by atoms with E-state index in [1.54, 1.807) is 22.2 Å². The molecule has 0 N–H and O–H groups in total. The van der Waals surface area contributed by atoms with Gasteiger partial charge in [0.05, 0.1) is 35.4 Å². The minimum absolute atomic E-state index is 0.594. The van der Waals surface area contributed by atoms with Gasteiger partial charge in [-0.2, -0.15) is 10.2 Å². The molecule has 4 rings (SSSR count). The average Bonchev–Trinajstić information content (AvgIpc) is 3.56. The fourth-order valence-corrected chi connectivity index (χ4v) is 3.99. The van der Waals surface area contributed by atoms with Crippen LogP contribution in [0.1, 0.15) is 60.7 Å². The normalized spacial score (nSPS) is 10.5. The van der Waals surface area contributed by atoms with Crippen molar-refractivity contribution in [2.75, 3.05) is 7.05 Å². The number of carbonyl (C=O) groups is 1. The number of aromatic nitrogens is 4. The molecule has 0 radical (unpaired) electrons. The van der Waals surface area contributed by atoms with Crippen LogP contribution < -0.4 is 0 Å². The number of rotatable bonds is 7. The molecule has 1 aromatic carbocycles. The Kier molecular flexibility index (Phi) is 10.00. The van der Waals surface area contributed by atoms with Gasteiger partial charge in [0.2, 0.25) is 0 Å². The van der Waals surface area contributed by atoms with Gasteiger partial charge >= 0.3 is 0 Å². The van der Waals surface area contributed by atoms with E-state index in [-0.39, 0.29) is 0 Å². The van der Waals surface area contributed by atoms with E-state index in [2.05, 4.69) is 38.8 Å². The molecule has 3 heterocycles. The second kappa shape index (κ2) is 12.7. The van der Waals surface area contributed by atoms with Crippen molar-refractivity contribution in [1.29, 1.82) is 0 Å². The van der Waals surface area contributed by atoms with Crippen molar-refractivity contribution >= 4 is 34.7 Å². The first-order valence-corrected chi connectivity index (χ1v) is 12.2. The molecule has 0 spiro atoms. The monoisotopic (exact) mass is 466 g/mol. The van der Waals surface area contributed by atoms with Crippen molar-refractivity contribution in [3.8, 4) is 0 Å². The summed E-state index contributed by atoms with van der Waals surface area (Å²) >= 11 is 1.60. The van der Waals surface area contributed by atoms with Crippen LogP contribution >= 0.6 is 11.3 Å². The lowest BCUT2D eigenvalue weighted by atomic mass is 10.1. The predicted molar refractivity (Wildman–Crippen MR) is 138 cm³/mol. The maximum atomic E-state index is 11.8. The van der Waals surface area contributed by atoms with Crippen molar-refractivity contribution in [1.82, 2.24) is 24.3 Å². The Bertz CT molecular complexity index is 1170. The number of hydrogen-bond donors (Lipinski definition) is 0. The van der Waals surface area contributed by atoms with Crippen LogP contribution in [0.4, 0.5) is 0 Å². The summed E-state index contributed by atoms with van der Waals surface area (Å²) in [7, 11) is 5.69. The van der Waals surface area contributed by atoms with Crippen LogP contribution in [0.15, 0.2) is 46.5 Å². The molecule has 0 amide bonds. The van der Waals surface area contributed by atoms with E-state index in [0.717, 1.165) is 46.1 Å². The van der Waals surface area contributed by atoms with Gasteiger partial charge in [0.25, 0.3) is 0 Å². The highest BCUT2D eigenvalue weighted by molar-refractivity contribution is 7.07. The van der Waals surface area contributed by atoms with Crippen molar-refractivity contribution < 1.29 is 4.79 Å². The van der Waals surface area contributed by atoms with E-state index in [1.807, 2.05) is 76.2 Å². The molecule has 33 heavy (non-hydrogen) atoms. The average molecular weight is 467 g/mol. The fourth-order valence-electron chi connectivity index (χ4n) is 3.43. The maximum absolute atomic E-state index is 11.8. The van der Waals surface area contributed by atoms with Gasteiger partial charge in [-0.05, 0) is 17.7 Å². The molecule has 0 aliphatic carbocycles. The largest absolute Gasteiger partial charge is 0.341 e. The summed E-state index contributed by atoms with van der Waals surface area (Å²) in [5.41, 5.74) is 7.44. The number of aryl methyl sites for hydroxylation is 2. The van der Waals surface area contributed by atoms with Gasteiger partial charge in [0, 0.05) is 55.6 Å². The predicted octanol–water partition coefficient (Wildman–Crippen LogP) is 5.29. The second-order valence-electron chi connectivity index (χ2n) is 7.02. The molecule has 8 heteroatoms. The van der Waals surface area contributed by atoms with Gasteiger partial charge in [0.15, 0.2) is 6.29 Å². The maximum Gasteiger partial charge on any atom is 0.167 e. The number of hydrogen-bond acceptors (Lipinski definition) is 6. The first kappa shape index (κ1) is 26.0. The molecular formula is C25H34N6OS. The third-order valence-corrected chi connectivity index (χ3v) is 5.51. The quantitative estimate of drug-likeness (QED) is 0.211. The Morgan fingerprint density at radius 3 is 2.48 bits per heavy atom. The SMILES string of the molecule is CC.CC.CN(Cc1ccn(C)n1)/N=C\c1c(C=O)n(C)c2cc(Cc3cscn3)ccc12. The lowest BCUT2D eigenvalue weighted by Crippen LogP contribution is -2.12. The Morgan fingerprint density at radius 2 is 1.88 bits per heavy atom.